The molecule has 0 aliphatic carbocycles. The zero-order valence-electron chi connectivity index (χ0n) is 9.66. The Hall–Kier alpha value is -0.870. The fourth-order valence-corrected chi connectivity index (χ4v) is 2.52. The Morgan fingerprint density at radius 3 is 2.56 bits per heavy atom. The number of aromatic nitrogens is 1. The molecule has 1 aromatic heterocycles. The third-order valence-corrected chi connectivity index (χ3v) is 3.46. The van der Waals surface area contributed by atoms with E-state index in [1.165, 1.54) is 11.3 Å². The second kappa shape index (κ2) is 4.97. The average molecular weight is 259 g/mol. The molecular weight excluding hydrogens is 244 g/mol. The number of anilines is 1. The number of hydrogen-bond acceptors (Lipinski definition) is 4. The van der Waals surface area contributed by atoms with Gasteiger partial charge in [0.15, 0.2) is 16.6 Å². The Bertz CT molecular complexity index is 395. The van der Waals surface area contributed by atoms with Gasteiger partial charge in [0.25, 0.3) is 0 Å². The number of carbonyl (C=O) groups is 1. The van der Waals surface area contributed by atoms with Crippen LogP contribution in [0.1, 0.15) is 30.4 Å². The van der Waals surface area contributed by atoms with Gasteiger partial charge in [-0.15, -0.1) is 6.58 Å². The van der Waals surface area contributed by atoms with Gasteiger partial charge in [-0.25, -0.2) is 4.98 Å². The lowest BCUT2D eigenvalue weighted by Gasteiger charge is -2.34. The molecule has 0 fully saturated rings. The van der Waals surface area contributed by atoms with Crippen molar-refractivity contribution in [2.75, 3.05) is 11.4 Å². The quantitative estimate of drug-likeness (QED) is 0.613. The fraction of sp³-hybridized carbons (Fsp3) is 0.455. The van der Waals surface area contributed by atoms with Crippen molar-refractivity contribution in [3.8, 4) is 0 Å². The normalized spacial score (nSPS) is 11.2. The highest BCUT2D eigenvalue weighted by molar-refractivity contribution is 7.17. The van der Waals surface area contributed by atoms with Crippen LogP contribution in [0.25, 0.3) is 0 Å². The van der Waals surface area contributed by atoms with Crippen LogP contribution < -0.4 is 4.90 Å². The molecule has 0 amide bonds. The summed E-state index contributed by atoms with van der Waals surface area (Å²) in [5, 5.41) is 1.02. The Morgan fingerprint density at radius 1 is 1.56 bits per heavy atom. The predicted molar refractivity (Wildman–Crippen MR) is 69.8 cm³/mol. The lowest BCUT2D eigenvalue weighted by Crippen LogP contribution is -2.41. The van der Waals surface area contributed by atoms with E-state index in [-0.39, 0.29) is 10.7 Å². The highest BCUT2D eigenvalue weighted by Gasteiger charge is 2.24. The first-order valence-corrected chi connectivity index (χ1v) is 6.09. The van der Waals surface area contributed by atoms with Crippen molar-refractivity contribution in [1.29, 1.82) is 0 Å². The molecule has 0 unspecified atom stereocenters. The first-order valence-electron chi connectivity index (χ1n) is 4.90. The number of aldehydes is 1. The topological polar surface area (TPSA) is 33.2 Å². The lowest BCUT2D eigenvalue weighted by atomic mass is 10.1. The highest BCUT2D eigenvalue weighted by atomic mass is 35.5. The van der Waals surface area contributed by atoms with E-state index < -0.39 is 0 Å². The summed E-state index contributed by atoms with van der Waals surface area (Å²) >= 11 is 7.16. The number of hydrogen-bond donors (Lipinski definition) is 0. The van der Waals surface area contributed by atoms with E-state index in [1.54, 1.807) is 6.08 Å². The summed E-state index contributed by atoms with van der Waals surface area (Å²) in [5.41, 5.74) is -0.0878. The van der Waals surface area contributed by atoms with Crippen molar-refractivity contribution in [1.82, 2.24) is 4.98 Å². The van der Waals surface area contributed by atoms with Gasteiger partial charge in [-0.2, -0.15) is 0 Å². The Morgan fingerprint density at radius 2 is 2.19 bits per heavy atom. The molecule has 0 aliphatic rings. The number of rotatable bonds is 4. The molecule has 1 rings (SSSR count). The molecule has 0 N–H and O–H groups in total. The molecule has 0 saturated carbocycles. The van der Waals surface area contributed by atoms with Crippen molar-refractivity contribution in [2.45, 2.75) is 26.3 Å². The largest absolute Gasteiger partial charge is 0.339 e. The molecular formula is C11H15ClN2OS. The third kappa shape index (κ3) is 2.83. The van der Waals surface area contributed by atoms with E-state index in [0.717, 1.165) is 11.4 Å². The third-order valence-electron chi connectivity index (χ3n) is 2.06. The van der Waals surface area contributed by atoms with Crippen molar-refractivity contribution in [3.05, 3.63) is 22.7 Å². The number of thiazole rings is 1. The van der Waals surface area contributed by atoms with Crippen molar-refractivity contribution >= 4 is 34.4 Å². The predicted octanol–water partition coefficient (Wildman–Crippen LogP) is 3.40. The van der Waals surface area contributed by atoms with Gasteiger partial charge in [0.2, 0.25) is 0 Å². The number of carbonyl (C=O) groups excluding carboxylic acids is 1. The van der Waals surface area contributed by atoms with E-state index >= 15 is 0 Å². The van der Waals surface area contributed by atoms with Gasteiger partial charge in [0.05, 0.1) is 0 Å². The summed E-state index contributed by atoms with van der Waals surface area (Å²) in [7, 11) is 0. The molecule has 0 bridgehead atoms. The Labute approximate surface area is 105 Å². The monoisotopic (exact) mass is 258 g/mol. The fourth-order valence-electron chi connectivity index (χ4n) is 1.26. The van der Waals surface area contributed by atoms with Gasteiger partial charge in [-0.05, 0) is 20.8 Å². The van der Waals surface area contributed by atoms with Gasteiger partial charge in [0, 0.05) is 12.1 Å². The summed E-state index contributed by atoms with van der Waals surface area (Å²) in [6, 6.07) is 0. The van der Waals surface area contributed by atoms with Crippen LogP contribution in [0.15, 0.2) is 12.7 Å². The van der Waals surface area contributed by atoms with Crippen LogP contribution in [0.5, 0.6) is 0 Å². The minimum absolute atomic E-state index is 0.0878. The summed E-state index contributed by atoms with van der Waals surface area (Å²) in [5.74, 6) is 0. The summed E-state index contributed by atoms with van der Waals surface area (Å²) in [6.45, 7) is 10.6. The van der Waals surface area contributed by atoms with Gasteiger partial charge in [-0.3, -0.25) is 4.79 Å². The van der Waals surface area contributed by atoms with Crippen molar-refractivity contribution in [2.24, 2.45) is 0 Å². The van der Waals surface area contributed by atoms with Crippen LogP contribution in [0.3, 0.4) is 0 Å². The van der Waals surface area contributed by atoms with Crippen LogP contribution in [0, 0.1) is 0 Å². The Balaban J connectivity index is 3.10. The number of nitrogens with zero attached hydrogens (tertiary/aromatic N) is 2. The molecule has 0 saturated heterocycles. The minimum Gasteiger partial charge on any atom is -0.339 e. The van der Waals surface area contributed by atoms with Crippen LogP contribution in [0.4, 0.5) is 5.13 Å². The van der Waals surface area contributed by atoms with E-state index in [1.807, 2.05) is 0 Å². The maximum Gasteiger partial charge on any atom is 0.188 e. The number of halogens is 1. The zero-order chi connectivity index (χ0) is 12.3. The van der Waals surface area contributed by atoms with Gasteiger partial charge >= 0.3 is 0 Å². The van der Waals surface area contributed by atoms with Gasteiger partial charge in [-0.1, -0.05) is 29.0 Å². The Kier molecular flexibility index (Phi) is 4.10. The van der Waals surface area contributed by atoms with Crippen LogP contribution in [-0.4, -0.2) is 23.4 Å². The average Bonchev–Trinajstić information content (AvgIpc) is 2.53. The molecule has 0 aliphatic heterocycles. The van der Waals surface area contributed by atoms with Gasteiger partial charge < -0.3 is 4.90 Å². The smallest absolute Gasteiger partial charge is 0.188 e. The van der Waals surface area contributed by atoms with E-state index in [0.29, 0.717) is 11.4 Å². The lowest BCUT2D eigenvalue weighted by molar-refractivity contribution is 0.112. The van der Waals surface area contributed by atoms with Crippen LogP contribution in [0.2, 0.25) is 5.15 Å². The maximum absolute atomic E-state index is 10.7. The van der Waals surface area contributed by atoms with Gasteiger partial charge in [0.1, 0.15) is 4.88 Å². The molecule has 3 nitrogen and oxygen atoms in total. The van der Waals surface area contributed by atoms with Crippen molar-refractivity contribution < 1.29 is 4.79 Å². The summed E-state index contributed by atoms with van der Waals surface area (Å²) < 4.78 is 0. The second-order valence-electron chi connectivity index (χ2n) is 4.34. The molecule has 5 heteroatoms. The molecule has 0 spiro atoms. The highest BCUT2D eigenvalue weighted by Crippen LogP contribution is 2.32. The van der Waals surface area contributed by atoms with Crippen LogP contribution >= 0.6 is 22.9 Å². The zero-order valence-corrected chi connectivity index (χ0v) is 11.2. The molecule has 88 valence electrons. The molecule has 0 radical (unpaired) electrons. The molecule has 1 heterocycles. The molecule has 0 atom stereocenters. The van der Waals surface area contributed by atoms with E-state index in [2.05, 4.69) is 37.2 Å². The summed E-state index contributed by atoms with van der Waals surface area (Å²) in [4.78, 5) is 17.4. The van der Waals surface area contributed by atoms with Crippen LogP contribution in [-0.2, 0) is 0 Å². The van der Waals surface area contributed by atoms with E-state index in [4.69, 9.17) is 11.6 Å². The van der Waals surface area contributed by atoms with Crippen molar-refractivity contribution in [3.63, 3.8) is 0 Å². The molecule has 16 heavy (non-hydrogen) atoms. The standard InChI is InChI=1S/C11H15ClN2OS/c1-5-6-14(11(2,3)4)10-13-9(12)8(7-15)16-10/h5,7H,1,6H2,2-4H3. The second-order valence-corrected chi connectivity index (χ2v) is 5.71. The SMILES string of the molecule is C=CCN(c1nc(Cl)c(C=O)s1)C(C)(C)C. The molecule has 1 aromatic rings. The first kappa shape index (κ1) is 13.2. The minimum atomic E-state index is -0.0878. The maximum atomic E-state index is 10.7. The van der Waals surface area contributed by atoms with E-state index in [9.17, 15) is 4.79 Å². The first-order chi connectivity index (χ1) is 7.40. The summed E-state index contributed by atoms with van der Waals surface area (Å²) in [6.07, 6.45) is 2.54. The molecule has 0 aromatic carbocycles.